The average Bonchev–Trinajstić information content (AvgIpc) is 3.25. The lowest BCUT2D eigenvalue weighted by Gasteiger charge is -2.37. The largest absolute Gasteiger partial charge is 0.444 e. The highest BCUT2D eigenvalue weighted by molar-refractivity contribution is 6.31. The van der Waals surface area contributed by atoms with Gasteiger partial charge >= 0.3 is 12.3 Å². The summed E-state index contributed by atoms with van der Waals surface area (Å²) in [7, 11) is 0. The van der Waals surface area contributed by atoms with Gasteiger partial charge in [0.15, 0.2) is 0 Å². The fourth-order valence-electron chi connectivity index (χ4n) is 4.19. The molecule has 1 fully saturated rings. The normalized spacial score (nSPS) is 15.5. The van der Waals surface area contributed by atoms with Crippen molar-refractivity contribution in [3.63, 3.8) is 0 Å². The Hall–Kier alpha value is -3.47. The summed E-state index contributed by atoms with van der Waals surface area (Å²) < 4.78 is 47.5. The Balaban J connectivity index is 1.48. The van der Waals surface area contributed by atoms with E-state index < -0.39 is 35.4 Å². The number of imidazole rings is 1. The lowest BCUT2D eigenvalue weighted by Crippen LogP contribution is -2.50. The van der Waals surface area contributed by atoms with Crippen molar-refractivity contribution >= 4 is 40.3 Å². The zero-order chi connectivity index (χ0) is 27.8. The first-order valence-corrected chi connectivity index (χ1v) is 12.5. The Kier molecular flexibility index (Phi) is 7.51. The van der Waals surface area contributed by atoms with Gasteiger partial charge in [0.05, 0.1) is 22.6 Å². The molecule has 1 unspecified atom stereocenters. The van der Waals surface area contributed by atoms with Crippen molar-refractivity contribution in [1.29, 1.82) is 0 Å². The molecule has 1 saturated heterocycles. The Morgan fingerprint density at radius 3 is 2.39 bits per heavy atom. The Bertz CT molecular complexity index is 1340. The predicted octanol–water partition coefficient (Wildman–Crippen LogP) is 5.78. The molecule has 0 bridgehead atoms. The van der Waals surface area contributed by atoms with Crippen LogP contribution in [-0.4, -0.2) is 58.6 Å². The van der Waals surface area contributed by atoms with Crippen LogP contribution in [0.15, 0.2) is 36.4 Å². The maximum Gasteiger partial charge on any atom is 0.418 e. The van der Waals surface area contributed by atoms with E-state index in [1.54, 1.807) is 50.8 Å². The molecule has 0 radical (unpaired) electrons. The molecule has 1 aliphatic heterocycles. The summed E-state index contributed by atoms with van der Waals surface area (Å²) >= 11 is 6.00. The third-order valence-corrected chi connectivity index (χ3v) is 6.29. The van der Waals surface area contributed by atoms with Gasteiger partial charge in [0, 0.05) is 42.5 Å². The van der Waals surface area contributed by atoms with Crippen LogP contribution in [0.4, 0.5) is 23.7 Å². The number of anilines is 1. The number of alkyl halides is 3. The fourth-order valence-corrected chi connectivity index (χ4v) is 4.36. The first-order chi connectivity index (χ1) is 17.7. The average molecular weight is 552 g/mol. The Morgan fingerprint density at radius 2 is 1.76 bits per heavy atom. The number of halogens is 4. The molecule has 3 aromatic rings. The van der Waals surface area contributed by atoms with E-state index in [4.69, 9.17) is 16.3 Å². The lowest BCUT2D eigenvalue weighted by atomic mass is 10.1. The second kappa shape index (κ2) is 10.4. The maximum absolute atomic E-state index is 14.0. The molecule has 1 aromatic heterocycles. The number of hydrogen-bond acceptors (Lipinski definition) is 5. The number of carbonyl (C=O) groups excluding carboxylic acids is 2. The zero-order valence-electron chi connectivity index (χ0n) is 21.4. The third kappa shape index (κ3) is 6.32. The maximum atomic E-state index is 14.0. The smallest absolute Gasteiger partial charge is 0.418 e. The summed E-state index contributed by atoms with van der Waals surface area (Å²) in [6.45, 7) is 7.76. The number of piperazine rings is 1. The Morgan fingerprint density at radius 1 is 1.08 bits per heavy atom. The van der Waals surface area contributed by atoms with E-state index in [0.29, 0.717) is 21.9 Å². The molecular weight excluding hydrogens is 523 g/mol. The van der Waals surface area contributed by atoms with Crippen LogP contribution in [0.25, 0.3) is 11.0 Å². The molecule has 12 heteroatoms. The Labute approximate surface area is 223 Å². The highest BCUT2D eigenvalue weighted by atomic mass is 35.5. The number of H-pyrrole nitrogens is 1. The summed E-state index contributed by atoms with van der Waals surface area (Å²) in [4.78, 5) is 35.7. The minimum Gasteiger partial charge on any atom is -0.444 e. The molecule has 0 spiro atoms. The van der Waals surface area contributed by atoms with E-state index in [0.717, 1.165) is 6.07 Å². The van der Waals surface area contributed by atoms with Gasteiger partial charge in [-0.2, -0.15) is 13.2 Å². The topological polar surface area (TPSA) is 90.6 Å². The van der Waals surface area contributed by atoms with E-state index >= 15 is 0 Å². The van der Waals surface area contributed by atoms with Gasteiger partial charge in [0.25, 0.3) is 5.91 Å². The van der Waals surface area contributed by atoms with Crippen molar-refractivity contribution in [3.05, 3.63) is 58.4 Å². The van der Waals surface area contributed by atoms with E-state index in [2.05, 4.69) is 15.3 Å². The first kappa shape index (κ1) is 27.6. The molecule has 2 N–H and O–H groups in total. The third-order valence-electron chi connectivity index (χ3n) is 6.06. The number of hydrogen-bond donors (Lipinski definition) is 2. The first-order valence-electron chi connectivity index (χ1n) is 12.1. The number of nitrogens with zero attached hydrogens (tertiary/aromatic N) is 3. The molecule has 1 atom stereocenters. The highest BCUT2D eigenvalue weighted by Gasteiger charge is 2.37. The number of carbonyl (C=O) groups is 2. The zero-order valence-corrected chi connectivity index (χ0v) is 22.2. The summed E-state index contributed by atoms with van der Waals surface area (Å²) in [5.41, 5.74) is -0.407. The van der Waals surface area contributed by atoms with Crippen molar-refractivity contribution in [2.45, 2.75) is 45.5 Å². The van der Waals surface area contributed by atoms with Crippen molar-refractivity contribution in [1.82, 2.24) is 20.2 Å². The van der Waals surface area contributed by atoms with Gasteiger partial charge in [-0.1, -0.05) is 11.6 Å². The molecule has 2 amide bonds. The van der Waals surface area contributed by atoms with Crippen LogP contribution in [-0.2, 0) is 10.9 Å². The van der Waals surface area contributed by atoms with Crippen LogP contribution in [0.3, 0.4) is 0 Å². The molecule has 1 aliphatic rings. The number of aromatic amines is 1. The van der Waals surface area contributed by atoms with Crippen molar-refractivity contribution in [2.24, 2.45) is 0 Å². The van der Waals surface area contributed by atoms with Crippen molar-refractivity contribution < 1.29 is 27.5 Å². The van der Waals surface area contributed by atoms with Crippen LogP contribution in [0.1, 0.15) is 55.5 Å². The standard InChI is InChI=1S/C26H29ClF3N5O3/c1-15(22-32-19-7-6-17(27)14-20(19)33-22)31-23(36)16-5-8-21(18(13-16)26(28,29)30)34-9-11-35(12-10-34)24(37)38-25(2,3)4/h5-8,13-15H,9-12H2,1-4H3,(H,31,36)(H,32,33). The number of nitrogens with one attached hydrogen (secondary N) is 2. The van der Waals surface area contributed by atoms with Crippen LogP contribution in [0.2, 0.25) is 5.02 Å². The fraction of sp³-hybridized carbons (Fsp3) is 0.423. The molecule has 4 rings (SSSR count). The minimum absolute atomic E-state index is 0.0416. The number of aromatic nitrogens is 2. The van der Waals surface area contributed by atoms with E-state index in [1.807, 2.05) is 0 Å². The van der Waals surface area contributed by atoms with E-state index in [-0.39, 0.29) is 37.4 Å². The second-order valence-electron chi connectivity index (χ2n) is 10.2. The molecule has 204 valence electrons. The quantitative estimate of drug-likeness (QED) is 0.429. The van der Waals surface area contributed by atoms with Crippen LogP contribution in [0, 0.1) is 0 Å². The lowest BCUT2D eigenvalue weighted by molar-refractivity contribution is -0.137. The van der Waals surface area contributed by atoms with Gasteiger partial charge in [-0.25, -0.2) is 9.78 Å². The summed E-state index contributed by atoms with van der Waals surface area (Å²) in [6.07, 6.45) is -5.18. The molecule has 0 aliphatic carbocycles. The van der Waals surface area contributed by atoms with Gasteiger partial charge in [0.1, 0.15) is 11.4 Å². The highest BCUT2D eigenvalue weighted by Crippen LogP contribution is 2.38. The van der Waals surface area contributed by atoms with Gasteiger partial charge in [0.2, 0.25) is 0 Å². The predicted molar refractivity (Wildman–Crippen MR) is 138 cm³/mol. The number of benzene rings is 2. The van der Waals surface area contributed by atoms with Gasteiger partial charge in [-0.3, -0.25) is 4.79 Å². The van der Waals surface area contributed by atoms with Crippen molar-refractivity contribution in [2.75, 3.05) is 31.1 Å². The van der Waals surface area contributed by atoms with E-state index in [9.17, 15) is 22.8 Å². The second-order valence-corrected chi connectivity index (χ2v) is 10.6. The summed E-state index contributed by atoms with van der Waals surface area (Å²) in [5.74, 6) is -0.214. The minimum atomic E-state index is -4.68. The van der Waals surface area contributed by atoms with Crippen LogP contribution >= 0.6 is 11.6 Å². The summed E-state index contributed by atoms with van der Waals surface area (Å²) in [5, 5.41) is 3.22. The molecule has 38 heavy (non-hydrogen) atoms. The number of rotatable bonds is 4. The summed E-state index contributed by atoms with van der Waals surface area (Å²) in [6, 6.07) is 8.05. The van der Waals surface area contributed by atoms with Gasteiger partial charge in [-0.05, 0) is 64.1 Å². The van der Waals surface area contributed by atoms with Gasteiger partial charge < -0.3 is 24.8 Å². The molecular formula is C26H29ClF3N5O3. The van der Waals surface area contributed by atoms with Crippen LogP contribution in [0.5, 0.6) is 0 Å². The molecule has 2 heterocycles. The SMILES string of the molecule is CC(NC(=O)c1ccc(N2CCN(C(=O)OC(C)(C)C)CC2)c(C(F)(F)F)c1)c1nc2ccc(Cl)cc2[nH]1. The molecule has 8 nitrogen and oxygen atoms in total. The monoisotopic (exact) mass is 551 g/mol. The number of amides is 2. The number of fused-ring (bicyclic) bond motifs is 1. The van der Waals surface area contributed by atoms with Crippen LogP contribution < -0.4 is 10.2 Å². The molecule has 0 saturated carbocycles. The number of ether oxygens (including phenoxy) is 1. The molecule has 2 aromatic carbocycles. The van der Waals surface area contributed by atoms with Gasteiger partial charge in [-0.15, -0.1) is 0 Å². The van der Waals surface area contributed by atoms with Crippen molar-refractivity contribution in [3.8, 4) is 0 Å². The van der Waals surface area contributed by atoms with E-state index in [1.165, 1.54) is 17.0 Å².